The van der Waals surface area contributed by atoms with Gasteiger partial charge in [-0.1, -0.05) is 6.07 Å². The lowest BCUT2D eigenvalue weighted by molar-refractivity contribution is -0.138. The molecule has 2 N–H and O–H groups in total. The van der Waals surface area contributed by atoms with E-state index >= 15 is 0 Å². The first-order chi connectivity index (χ1) is 8.50. The summed E-state index contributed by atoms with van der Waals surface area (Å²) in [5.41, 5.74) is 5.37. The Hall–Kier alpha value is -1.82. The molecule has 1 aliphatic heterocycles. The Morgan fingerprint density at radius 2 is 1.67 bits per heavy atom. The van der Waals surface area contributed by atoms with E-state index in [2.05, 4.69) is 0 Å². The van der Waals surface area contributed by atoms with Crippen molar-refractivity contribution in [3.05, 3.63) is 35.4 Å². The molecule has 1 fully saturated rings. The van der Waals surface area contributed by atoms with Gasteiger partial charge < -0.3 is 5.73 Å². The molecule has 1 heterocycles. The van der Waals surface area contributed by atoms with Gasteiger partial charge in [0, 0.05) is 24.9 Å². The number of nitrogens with two attached hydrogens (primary N) is 1. The molecule has 4 nitrogen and oxygen atoms in total. The summed E-state index contributed by atoms with van der Waals surface area (Å²) in [6.45, 7) is -0.199. The van der Waals surface area contributed by atoms with Crippen LogP contribution in [0.3, 0.4) is 0 Å². The van der Waals surface area contributed by atoms with Crippen molar-refractivity contribution < 1.29 is 18.4 Å². The van der Waals surface area contributed by atoms with Crippen molar-refractivity contribution in [2.24, 2.45) is 5.73 Å². The van der Waals surface area contributed by atoms with Gasteiger partial charge in [0.25, 0.3) is 0 Å². The number of hydrogen-bond donors (Lipinski definition) is 1. The highest BCUT2D eigenvalue weighted by atomic mass is 19.1. The third-order valence-electron chi connectivity index (χ3n) is 2.90. The number of halogens is 2. The minimum absolute atomic E-state index is 0.130. The number of benzene rings is 1. The zero-order chi connectivity index (χ0) is 13.3. The number of rotatable bonds is 3. The topological polar surface area (TPSA) is 63.4 Å². The van der Waals surface area contributed by atoms with E-state index in [0.717, 1.165) is 17.0 Å². The van der Waals surface area contributed by atoms with Gasteiger partial charge in [-0.25, -0.2) is 8.78 Å². The minimum Gasteiger partial charge on any atom is -0.322 e. The molecule has 0 aliphatic carbocycles. The Bertz CT molecular complexity index is 469. The summed E-state index contributed by atoms with van der Waals surface area (Å²) in [6.07, 6.45) is 0.261. The van der Waals surface area contributed by atoms with Crippen LogP contribution in [-0.4, -0.2) is 23.3 Å². The molecule has 0 bridgehead atoms. The van der Waals surface area contributed by atoms with Crippen molar-refractivity contribution in [2.75, 3.05) is 6.54 Å². The Kier molecular flexibility index (Phi) is 3.38. The number of amides is 2. The van der Waals surface area contributed by atoms with Crippen LogP contribution in [0.15, 0.2) is 18.2 Å². The van der Waals surface area contributed by atoms with Crippen molar-refractivity contribution in [3.63, 3.8) is 0 Å². The number of imide groups is 1. The van der Waals surface area contributed by atoms with Gasteiger partial charge in [-0.3, -0.25) is 14.5 Å². The van der Waals surface area contributed by atoms with Crippen molar-refractivity contribution in [3.8, 4) is 0 Å². The van der Waals surface area contributed by atoms with Gasteiger partial charge in [-0.15, -0.1) is 0 Å². The van der Waals surface area contributed by atoms with Crippen molar-refractivity contribution in [1.82, 2.24) is 4.90 Å². The average Bonchev–Trinajstić information content (AvgIpc) is 2.60. The van der Waals surface area contributed by atoms with E-state index in [1.54, 1.807) is 0 Å². The smallest absolute Gasteiger partial charge is 0.229 e. The molecule has 96 valence electrons. The average molecular weight is 254 g/mol. The van der Waals surface area contributed by atoms with Crippen LogP contribution in [0.25, 0.3) is 0 Å². The van der Waals surface area contributed by atoms with E-state index < -0.39 is 17.7 Å². The Morgan fingerprint density at radius 1 is 1.17 bits per heavy atom. The first-order valence-corrected chi connectivity index (χ1v) is 5.53. The zero-order valence-corrected chi connectivity index (χ0v) is 9.53. The highest BCUT2D eigenvalue weighted by molar-refractivity contribution is 6.01. The molecule has 1 aromatic rings. The maximum absolute atomic E-state index is 13.5. The van der Waals surface area contributed by atoms with Gasteiger partial charge in [-0.05, 0) is 12.1 Å². The fourth-order valence-corrected chi connectivity index (χ4v) is 1.98. The molecule has 0 saturated carbocycles. The van der Waals surface area contributed by atoms with Gasteiger partial charge in [0.05, 0.1) is 6.04 Å². The fraction of sp³-hybridized carbons (Fsp3) is 0.333. The van der Waals surface area contributed by atoms with E-state index in [1.807, 2.05) is 0 Å². The zero-order valence-electron chi connectivity index (χ0n) is 9.53. The molecule has 0 spiro atoms. The highest BCUT2D eigenvalue weighted by Crippen LogP contribution is 2.22. The normalized spacial score (nSPS) is 17.4. The van der Waals surface area contributed by atoms with Gasteiger partial charge >= 0.3 is 0 Å². The largest absolute Gasteiger partial charge is 0.322 e. The highest BCUT2D eigenvalue weighted by Gasteiger charge is 2.31. The van der Waals surface area contributed by atoms with Crippen LogP contribution in [0.2, 0.25) is 0 Å². The molecule has 2 rings (SSSR count). The molecule has 1 atom stereocenters. The predicted octanol–water partition coefficient (Wildman–Crippen LogP) is 1.11. The second kappa shape index (κ2) is 4.81. The molecule has 6 heteroatoms. The molecule has 1 unspecified atom stereocenters. The lowest BCUT2D eigenvalue weighted by Crippen LogP contribution is -2.36. The first-order valence-electron chi connectivity index (χ1n) is 5.53. The van der Waals surface area contributed by atoms with Crippen LogP contribution < -0.4 is 5.73 Å². The quantitative estimate of drug-likeness (QED) is 0.822. The first kappa shape index (κ1) is 12.6. The second-order valence-corrected chi connectivity index (χ2v) is 4.14. The molecule has 0 aromatic heterocycles. The number of carbonyl (C=O) groups is 2. The summed E-state index contributed by atoms with van der Waals surface area (Å²) in [4.78, 5) is 23.7. The number of carbonyl (C=O) groups excluding carboxylic acids is 2. The monoisotopic (exact) mass is 254 g/mol. The van der Waals surface area contributed by atoms with Crippen LogP contribution >= 0.6 is 0 Å². The SMILES string of the molecule is NC(CN1C(=O)CCC1=O)c1c(F)cccc1F. The second-order valence-electron chi connectivity index (χ2n) is 4.14. The fourth-order valence-electron chi connectivity index (χ4n) is 1.98. The summed E-state index contributed by atoms with van der Waals surface area (Å²) in [5, 5.41) is 0. The van der Waals surface area contributed by atoms with Crippen LogP contribution in [0.4, 0.5) is 8.78 Å². The summed E-state index contributed by atoms with van der Waals surface area (Å²) < 4.78 is 26.9. The van der Waals surface area contributed by atoms with E-state index in [9.17, 15) is 18.4 Å². The molecule has 18 heavy (non-hydrogen) atoms. The number of nitrogens with zero attached hydrogens (tertiary/aromatic N) is 1. The Morgan fingerprint density at radius 3 is 2.17 bits per heavy atom. The predicted molar refractivity (Wildman–Crippen MR) is 59.2 cm³/mol. The van der Waals surface area contributed by atoms with Crippen LogP contribution in [-0.2, 0) is 9.59 Å². The van der Waals surface area contributed by atoms with Crippen LogP contribution in [0.5, 0.6) is 0 Å². The summed E-state index contributed by atoms with van der Waals surface area (Å²) in [5.74, 6) is -2.26. The van der Waals surface area contributed by atoms with Crippen molar-refractivity contribution in [2.45, 2.75) is 18.9 Å². The summed E-state index contributed by atoms with van der Waals surface area (Å²) in [6, 6.07) is 2.35. The molecule has 1 saturated heterocycles. The van der Waals surface area contributed by atoms with Crippen LogP contribution in [0.1, 0.15) is 24.4 Å². The van der Waals surface area contributed by atoms with Crippen LogP contribution in [0, 0.1) is 11.6 Å². The van der Waals surface area contributed by atoms with Crippen molar-refractivity contribution in [1.29, 1.82) is 0 Å². The van der Waals surface area contributed by atoms with E-state index in [-0.39, 0.29) is 36.8 Å². The van der Waals surface area contributed by atoms with Gasteiger partial charge in [0.2, 0.25) is 11.8 Å². The van der Waals surface area contributed by atoms with E-state index in [4.69, 9.17) is 5.73 Å². The van der Waals surface area contributed by atoms with E-state index in [1.165, 1.54) is 6.07 Å². The lowest BCUT2D eigenvalue weighted by atomic mass is 10.1. The van der Waals surface area contributed by atoms with Gasteiger partial charge in [0.1, 0.15) is 11.6 Å². The number of likely N-dealkylation sites (tertiary alicyclic amines) is 1. The molecule has 1 aliphatic rings. The molecule has 0 radical (unpaired) electrons. The maximum atomic E-state index is 13.5. The molecular weight excluding hydrogens is 242 g/mol. The van der Waals surface area contributed by atoms with Gasteiger partial charge in [-0.2, -0.15) is 0 Å². The Labute approximate surface area is 102 Å². The maximum Gasteiger partial charge on any atom is 0.229 e. The van der Waals surface area contributed by atoms with Gasteiger partial charge in [0.15, 0.2) is 0 Å². The Balaban J connectivity index is 2.19. The van der Waals surface area contributed by atoms with Crippen molar-refractivity contribution >= 4 is 11.8 Å². The molecule has 2 amide bonds. The third-order valence-corrected chi connectivity index (χ3v) is 2.90. The summed E-state index contributed by atoms with van der Waals surface area (Å²) >= 11 is 0. The molecule has 1 aromatic carbocycles. The number of hydrogen-bond acceptors (Lipinski definition) is 3. The third kappa shape index (κ3) is 2.24. The summed E-state index contributed by atoms with van der Waals surface area (Å²) in [7, 11) is 0. The van der Waals surface area contributed by atoms with E-state index in [0.29, 0.717) is 0 Å². The standard InChI is InChI=1S/C12H12F2N2O2/c13-7-2-1-3-8(14)12(7)9(15)6-16-10(17)4-5-11(16)18/h1-3,9H,4-6,15H2. The minimum atomic E-state index is -1.06. The lowest BCUT2D eigenvalue weighted by Gasteiger charge is -2.20. The molecular formula is C12H12F2N2O2.